The number of alkyl halides is 1. The fraction of sp³-hybridized carbons (Fsp3) is 0.346. The number of carbonyl (C=O) groups is 1. The molecule has 0 saturated carbocycles. The van der Waals surface area contributed by atoms with Crippen molar-refractivity contribution < 1.29 is 18.3 Å². The second kappa shape index (κ2) is 13.0. The molecule has 0 atom stereocenters. The third-order valence-corrected chi connectivity index (χ3v) is 6.91. The van der Waals surface area contributed by atoms with Gasteiger partial charge in [0.1, 0.15) is 24.0 Å². The highest BCUT2D eigenvalue weighted by Gasteiger charge is 2.16. The summed E-state index contributed by atoms with van der Waals surface area (Å²) in [4.78, 5) is 25.4. The smallest absolute Gasteiger partial charge is 0.224 e. The van der Waals surface area contributed by atoms with E-state index in [1.807, 2.05) is 0 Å². The lowest BCUT2D eigenvalue weighted by Gasteiger charge is -2.33. The van der Waals surface area contributed by atoms with Gasteiger partial charge in [-0.15, -0.1) is 0 Å². The Labute approximate surface area is 223 Å². The molecule has 36 heavy (non-hydrogen) atoms. The fourth-order valence-corrected chi connectivity index (χ4v) is 4.55. The number of aromatic nitrogens is 2. The van der Waals surface area contributed by atoms with Gasteiger partial charge in [-0.2, -0.15) is 0 Å². The van der Waals surface area contributed by atoms with Crippen molar-refractivity contribution in [3.63, 3.8) is 0 Å². The second-order valence-electron chi connectivity index (χ2n) is 8.57. The van der Waals surface area contributed by atoms with E-state index in [4.69, 9.17) is 4.74 Å². The summed E-state index contributed by atoms with van der Waals surface area (Å²) in [6.45, 7) is 5.68. The maximum Gasteiger partial charge on any atom is 0.224 e. The third-order valence-electron chi connectivity index (χ3n) is 5.94. The molecule has 4 rings (SSSR count). The Morgan fingerprint density at radius 3 is 2.44 bits per heavy atom. The summed E-state index contributed by atoms with van der Waals surface area (Å²) in [6.07, 6.45) is 3.08. The van der Waals surface area contributed by atoms with Crippen molar-refractivity contribution in [2.45, 2.75) is 13.0 Å². The van der Waals surface area contributed by atoms with Crippen LogP contribution in [0.2, 0.25) is 0 Å². The number of hydrogen-bond acceptors (Lipinski definition) is 6. The summed E-state index contributed by atoms with van der Waals surface area (Å²) in [5, 5.41) is 2.74. The fourth-order valence-electron chi connectivity index (χ4n) is 3.87. The van der Waals surface area contributed by atoms with Gasteiger partial charge in [-0.1, -0.05) is 34.7 Å². The van der Waals surface area contributed by atoms with Crippen molar-refractivity contribution in [2.24, 2.45) is 0 Å². The van der Waals surface area contributed by atoms with Crippen LogP contribution >= 0.6 is 22.6 Å². The van der Waals surface area contributed by atoms with Gasteiger partial charge in [0, 0.05) is 57.7 Å². The van der Waals surface area contributed by atoms with Crippen LogP contribution in [0.4, 0.5) is 8.78 Å². The van der Waals surface area contributed by atoms with Gasteiger partial charge in [-0.3, -0.25) is 14.6 Å². The van der Waals surface area contributed by atoms with Crippen molar-refractivity contribution >= 4 is 28.5 Å². The van der Waals surface area contributed by atoms with E-state index in [1.165, 1.54) is 30.6 Å². The number of nitrogens with zero attached hydrogens (tertiary/aromatic N) is 4. The molecule has 2 heterocycles. The molecule has 1 fully saturated rings. The van der Waals surface area contributed by atoms with Crippen LogP contribution in [0.5, 0.6) is 5.75 Å². The lowest BCUT2D eigenvalue weighted by molar-refractivity contribution is -0.120. The van der Waals surface area contributed by atoms with Crippen LogP contribution in [0.15, 0.2) is 54.9 Å². The highest BCUT2D eigenvalue weighted by molar-refractivity contribution is 14.1. The summed E-state index contributed by atoms with van der Waals surface area (Å²) in [7, 11) is 0. The van der Waals surface area contributed by atoms with Crippen LogP contribution in [0.3, 0.4) is 0 Å². The Morgan fingerprint density at radius 2 is 1.75 bits per heavy atom. The van der Waals surface area contributed by atoms with Crippen LogP contribution < -0.4 is 10.1 Å². The van der Waals surface area contributed by atoms with Gasteiger partial charge in [0.2, 0.25) is 5.91 Å². The number of benzene rings is 2. The van der Waals surface area contributed by atoms with Crippen LogP contribution in [0.1, 0.15) is 11.1 Å². The molecule has 2 aromatic carbocycles. The summed E-state index contributed by atoms with van der Waals surface area (Å²) in [5.41, 5.74) is 1.53. The lowest BCUT2D eigenvalue weighted by Crippen LogP contribution is -2.46. The Hall–Kier alpha value is -2.70. The predicted molar refractivity (Wildman–Crippen MR) is 142 cm³/mol. The van der Waals surface area contributed by atoms with Crippen molar-refractivity contribution in [3.05, 3.63) is 77.6 Å². The molecule has 1 saturated heterocycles. The van der Waals surface area contributed by atoms with Gasteiger partial charge in [0.05, 0.1) is 16.5 Å². The van der Waals surface area contributed by atoms with Gasteiger partial charge in [-0.05, 0) is 35.4 Å². The minimum atomic E-state index is -0.469. The highest BCUT2D eigenvalue weighted by Crippen LogP contribution is 2.23. The first-order valence-corrected chi connectivity index (χ1v) is 13.3. The largest absolute Gasteiger partial charge is 0.492 e. The molecule has 1 aromatic heterocycles. The topological polar surface area (TPSA) is 70.6 Å². The van der Waals surface area contributed by atoms with Crippen molar-refractivity contribution in [2.75, 3.05) is 43.9 Å². The van der Waals surface area contributed by atoms with E-state index in [0.717, 1.165) is 37.3 Å². The number of ether oxygens (including phenoxy) is 1. The number of piperazine rings is 1. The van der Waals surface area contributed by atoms with Crippen molar-refractivity contribution in [3.8, 4) is 17.1 Å². The summed E-state index contributed by atoms with van der Waals surface area (Å²) in [6, 6.07) is 10.7. The molecule has 7 nitrogen and oxygen atoms in total. The molecule has 1 N–H and O–H groups in total. The van der Waals surface area contributed by atoms with Gasteiger partial charge in [0.25, 0.3) is 0 Å². The normalized spacial score (nSPS) is 14.5. The standard InChI is InChI=1S/C26H28F2IN5O2/c27-21-3-1-2-19(12-21)15-30-25(35)13-20-16-31-26(32-17-20)23-5-4-22(14-24(23)28)36-11-10-33-6-8-34(18-29)9-7-33/h1-5,12,14,16-17H,6-11,13,15,18H2,(H,30,35). The number of rotatable bonds is 10. The SMILES string of the molecule is O=C(Cc1cnc(-c2ccc(OCCN3CCN(CI)CC3)cc2F)nc1)NCc1cccc(F)c1. The molecule has 1 aliphatic heterocycles. The zero-order valence-corrected chi connectivity index (χ0v) is 22.0. The lowest BCUT2D eigenvalue weighted by atomic mass is 10.1. The molecule has 10 heteroatoms. The van der Waals surface area contributed by atoms with Crippen LogP contribution in [0.25, 0.3) is 11.4 Å². The molecule has 0 unspecified atom stereocenters. The quantitative estimate of drug-likeness (QED) is 0.216. The Balaban J connectivity index is 1.25. The van der Waals surface area contributed by atoms with Gasteiger partial charge < -0.3 is 10.1 Å². The van der Waals surface area contributed by atoms with Gasteiger partial charge in [0.15, 0.2) is 5.82 Å². The molecule has 0 spiro atoms. The molecule has 0 aliphatic carbocycles. The predicted octanol–water partition coefficient (Wildman–Crippen LogP) is 3.67. The van der Waals surface area contributed by atoms with Crippen LogP contribution in [0, 0.1) is 11.6 Å². The van der Waals surface area contributed by atoms with E-state index in [2.05, 4.69) is 47.7 Å². The van der Waals surface area contributed by atoms with Gasteiger partial charge in [-0.25, -0.2) is 18.7 Å². The number of amides is 1. The zero-order valence-electron chi connectivity index (χ0n) is 19.8. The zero-order chi connectivity index (χ0) is 25.3. The molecular weight excluding hydrogens is 579 g/mol. The minimum absolute atomic E-state index is 0.0674. The second-order valence-corrected chi connectivity index (χ2v) is 9.25. The summed E-state index contributed by atoms with van der Waals surface area (Å²) < 4.78 is 34.8. The van der Waals surface area contributed by atoms with E-state index >= 15 is 0 Å². The number of carbonyl (C=O) groups excluding carboxylic acids is 1. The van der Waals surface area contributed by atoms with Crippen LogP contribution in [-0.4, -0.2) is 69.6 Å². The first kappa shape index (κ1) is 26.4. The van der Waals surface area contributed by atoms with E-state index in [9.17, 15) is 13.6 Å². The summed E-state index contributed by atoms with van der Waals surface area (Å²) in [5.74, 6) is -0.359. The number of halogens is 3. The molecule has 190 valence electrons. The first-order valence-electron chi connectivity index (χ1n) is 11.8. The molecule has 0 bridgehead atoms. The number of hydrogen-bond donors (Lipinski definition) is 1. The Bertz CT molecular complexity index is 1160. The minimum Gasteiger partial charge on any atom is -0.492 e. The molecule has 3 aromatic rings. The maximum absolute atomic E-state index is 14.7. The third kappa shape index (κ3) is 7.65. The van der Waals surface area contributed by atoms with Crippen LogP contribution in [-0.2, 0) is 17.8 Å². The number of nitrogens with one attached hydrogen (secondary N) is 1. The summed E-state index contributed by atoms with van der Waals surface area (Å²) >= 11 is 2.38. The van der Waals surface area contributed by atoms with E-state index in [-0.39, 0.29) is 36.1 Å². The average molecular weight is 607 g/mol. The van der Waals surface area contributed by atoms with Gasteiger partial charge >= 0.3 is 0 Å². The van der Waals surface area contributed by atoms with E-state index in [0.29, 0.717) is 23.5 Å². The molecule has 0 radical (unpaired) electrons. The first-order chi connectivity index (χ1) is 17.5. The van der Waals surface area contributed by atoms with E-state index < -0.39 is 5.82 Å². The maximum atomic E-state index is 14.7. The Kier molecular flexibility index (Phi) is 9.54. The molecular formula is C26H28F2IN5O2. The molecule has 1 amide bonds. The van der Waals surface area contributed by atoms with Crippen molar-refractivity contribution in [1.29, 1.82) is 0 Å². The van der Waals surface area contributed by atoms with Crippen molar-refractivity contribution in [1.82, 2.24) is 25.1 Å². The molecule has 1 aliphatic rings. The highest BCUT2D eigenvalue weighted by atomic mass is 127. The van der Waals surface area contributed by atoms with E-state index in [1.54, 1.807) is 24.3 Å². The Morgan fingerprint density at radius 1 is 1.00 bits per heavy atom. The monoisotopic (exact) mass is 607 g/mol. The average Bonchev–Trinajstić information content (AvgIpc) is 2.89.